The smallest absolute Gasteiger partial charge is 0.0431 e. The fourth-order valence-electron chi connectivity index (χ4n) is 0.824. The van der Waals surface area contributed by atoms with E-state index in [2.05, 4.69) is 18.7 Å². The van der Waals surface area contributed by atoms with Crippen LogP contribution >= 0.6 is 0 Å². The van der Waals surface area contributed by atoms with E-state index in [1.54, 1.807) is 0 Å². The summed E-state index contributed by atoms with van der Waals surface area (Å²) in [6.45, 7) is 3.96. The van der Waals surface area contributed by atoms with Gasteiger partial charge in [-0.15, -0.1) is 6.58 Å². The van der Waals surface area contributed by atoms with Gasteiger partial charge in [0.1, 0.15) is 0 Å². The third kappa shape index (κ3) is 9.44. The Morgan fingerprint density at radius 1 is 1.00 bits per heavy atom. The first kappa shape index (κ1) is 10.4. The molecule has 0 fully saturated rings. The molecule has 0 aromatic rings. The lowest BCUT2D eigenvalue weighted by Gasteiger charge is -1.90. The second kappa shape index (κ2) is 9.44. The molecule has 0 aliphatic rings. The summed E-state index contributed by atoms with van der Waals surface area (Å²) < 4.78 is 0. The maximum atomic E-state index is 8.47. The number of hydrogen-bond donors (Lipinski definition) is 1. The van der Waals surface area contributed by atoms with Gasteiger partial charge in [-0.25, -0.2) is 0 Å². The largest absolute Gasteiger partial charge is 0.396 e. The van der Waals surface area contributed by atoms with Crippen molar-refractivity contribution in [2.24, 2.45) is 0 Å². The Labute approximate surface area is 69.4 Å². The maximum Gasteiger partial charge on any atom is 0.0431 e. The van der Waals surface area contributed by atoms with E-state index in [1.165, 1.54) is 0 Å². The van der Waals surface area contributed by atoms with Gasteiger partial charge in [-0.05, 0) is 32.1 Å². The van der Waals surface area contributed by atoms with Crippen molar-refractivity contribution in [3.05, 3.63) is 24.8 Å². The number of rotatable bonds is 7. The summed E-state index contributed by atoms with van der Waals surface area (Å²) in [6, 6.07) is 0. The molecular weight excluding hydrogens is 136 g/mol. The Bertz CT molecular complexity index is 105. The quantitative estimate of drug-likeness (QED) is 0.441. The zero-order valence-electron chi connectivity index (χ0n) is 7.13. The molecule has 0 saturated heterocycles. The summed E-state index contributed by atoms with van der Waals surface area (Å²) >= 11 is 0. The van der Waals surface area contributed by atoms with E-state index in [0.29, 0.717) is 6.61 Å². The van der Waals surface area contributed by atoms with E-state index in [9.17, 15) is 0 Å². The molecule has 0 unspecified atom stereocenters. The molecule has 64 valence electrons. The van der Waals surface area contributed by atoms with Crippen molar-refractivity contribution >= 4 is 0 Å². The first-order chi connectivity index (χ1) is 5.41. The molecule has 1 nitrogen and oxygen atoms in total. The molecule has 0 heterocycles. The molecule has 1 heteroatoms. The van der Waals surface area contributed by atoms with Crippen molar-refractivity contribution in [3.8, 4) is 0 Å². The van der Waals surface area contributed by atoms with Gasteiger partial charge in [0.25, 0.3) is 0 Å². The summed E-state index contributed by atoms with van der Waals surface area (Å²) in [5.41, 5.74) is 0. The number of allylic oxidation sites excluding steroid dienone is 3. The van der Waals surface area contributed by atoms with Crippen molar-refractivity contribution in [2.45, 2.75) is 32.1 Å². The van der Waals surface area contributed by atoms with E-state index >= 15 is 0 Å². The Balaban J connectivity index is 2.97. The van der Waals surface area contributed by atoms with Gasteiger partial charge in [0.15, 0.2) is 0 Å². The lowest BCUT2D eigenvalue weighted by atomic mass is 10.2. The Morgan fingerprint density at radius 3 is 2.36 bits per heavy atom. The van der Waals surface area contributed by atoms with Crippen LogP contribution in [0.5, 0.6) is 0 Å². The third-order valence-corrected chi connectivity index (χ3v) is 1.48. The van der Waals surface area contributed by atoms with Crippen LogP contribution in [0.2, 0.25) is 0 Å². The molecule has 1 N–H and O–H groups in total. The zero-order chi connectivity index (χ0) is 8.36. The summed E-state index contributed by atoms with van der Waals surface area (Å²) in [5.74, 6) is 0. The van der Waals surface area contributed by atoms with Gasteiger partial charge in [0.05, 0.1) is 0 Å². The van der Waals surface area contributed by atoms with Crippen LogP contribution in [0, 0.1) is 0 Å². The predicted molar refractivity (Wildman–Crippen MR) is 49.5 cm³/mol. The van der Waals surface area contributed by atoms with Crippen molar-refractivity contribution in [2.75, 3.05) is 6.61 Å². The van der Waals surface area contributed by atoms with Gasteiger partial charge >= 0.3 is 0 Å². The van der Waals surface area contributed by atoms with Crippen LogP contribution < -0.4 is 0 Å². The minimum atomic E-state index is 0.320. The molecule has 11 heavy (non-hydrogen) atoms. The lowest BCUT2D eigenvalue weighted by molar-refractivity contribution is 0.285. The summed E-state index contributed by atoms with van der Waals surface area (Å²) in [4.78, 5) is 0. The molecule has 0 aromatic heterocycles. The molecule has 0 atom stereocenters. The predicted octanol–water partition coefficient (Wildman–Crippen LogP) is 2.67. The topological polar surface area (TPSA) is 20.2 Å². The molecule has 0 amide bonds. The van der Waals surface area contributed by atoms with Crippen molar-refractivity contribution in [1.82, 2.24) is 0 Å². The van der Waals surface area contributed by atoms with Crippen LogP contribution in [0.1, 0.15) is 32.1 Å². The van der Waals surface area contributed by atoms with E-state index in [1.807, 2.05) is 6.08 Å². The highest BCUT2D eigenvalue weighted by Crippen LogP contribution is 1.98. The number of hydrogen-bond acceptors (Lipinski definition) is 1. The molecule has 0 spiro atoms. The van der Waals surface area contributed by atoms with E-state index in [4.69, 9.17) is 5.11 Å². The number of unbranched alkanes of at least 4 members (excludes halogenated alkanes) is 3. The highest BCUT2D eigenvalue weighted by molar-refractivity contribution is 4.84. The standard InChI is InChI=1S/C10H18O/c1-2-3-4-5-6-7-8-9-10-11/h2,5-6,11H,1,3-4,7-10H2/b6-5-. The maximum absolute atomic E-state index is 8.47. The Kier molecular flexibility index (Phi) is 8.96. The van der Waals surface area contributed by atoms with E-state index in [-0.39, 0.29) is 0 Å². The van der Waals surface area contributed by atoms with Crippen LogP contribution in [-0.2, 0) is 0 Å². The highest BCUT2D eigenvalue weighted by atomic mass is 16.2. The molecule has 0 aromatic carbocycles. The fourth-order valence-corrected chi connectivity index (χ4v) is 0.824. The van der Waals surface area contributed by atoms with Gasteiger partial charge in [-0.2, -0.15) is 0 Å². The van der Waals surface area contributed by atoms with Crippen LogP contribution in [0.4, 0.5) is 0 Å². The van der Waals surface area contributed by atoms with Crippen LogP contribution in [0.25, 0.3) is 0 Å². The van der Waals surface area contributed by atoms with Crippen molar-refractivity contribution in [3.63, 3.8) is 0 Å². The summed E-state index contributed by atoms with van der Waals surface area (Å²) in [5, 5.41) is 8.47. The van der Waals surface area contributed by atoms with Gasteiger partial charge in [-0.3, -0.25) is 0 Å². The second-order valence-corrected chi connectivity index (χ2v) is 2.56. The van der Waals surface area contributed by atoms with Crippen molar-refractivity contribution < 1.29 is 5.11 Å². The average Bonchev–Trinajstić information content (AvgIpc) is 2.03. The van der Waals surface area contributed by atoms with E-state index in [0.717, 1.165) is 32.1 Å². The van der Waals surface area contributed by atoms with Gasteiger partial charge in [0.2, 0.25) is 0 Å². The van der Waals surface area contributed by atoms with Crippen LogP contribution in [-0.4, -0.2) is 11.7 Å². The Hall–Kier alpha value is -0.560. The molecule has 0 saturated carbocycles. The van der Waals surface area contributed by atoms with Gasteiger partial charge < -0.3 is 5.11 Å². The molecule has 0 aliphatic heterocycles. The highest BCUT2D eigenvalue weighted by Gasteiger charge is 1.81. The third-order valence-electron chi connectivity index (χ3n) is 1.48. The molecule has 0 bridgehead atoms. The van der Waals surface area contributed by atoms with E-state index < -0.39 is 0 Å². The molecule has 0 rings (SSSR count). The lowest BCUT2D eigenvalue weighted by Crippen LogP contribution is -1.80. The number of aliphatic hydroxyl groups is 1. The normalized spacial score (nSPS) is 10.6. The van der Waals surface area contributed by atoms with Gasteiger partial charge in [-0.1, -0.05) is 18.2 Å². The van der Waals surface area contributed by atoms with Crippen LogP contribution in [0.15, 0.2) is 24.8 Å². The molecular formula is C10H18O. The molecule has 0 radical (unpaired) electrons. The second-order valence-electron chi connectivity index (χ2n) is 2.56. The number of aliphatic hydroxyl groups excluding tert-OH is 1. The zero-order valence-corrected chi connectivity index (χ0v) is 7.13. The minimum absolute atomic E-state index is 0.320. The SMILES string of the molecule is C=CCC/C=C\CCCCO. The Morgan fingerprint density at radius 2 is 1.73 bits per heavy atom. The molecule has 0 aliphatic carbocycles. The van der Waals surface area contributed by atoms with Crippen molar-refractivity contribution in [1.29, 1.82) is 0 Å². The summed E-state index contributed by atoms with van der Waals surface area (Å²) in [6.07, 6.45) is 11.6. The first-order valence-corrected chi connectivity index (χ1v) is 4.28. The minimum Gasteiger partial charge on any atom is -0.396 e. The monoisotopic (exact) mass is 154 g/mol. The first-order valence-electron chi connectivity index (χ1n) is 4.28. The average molecular weight is 154 g/mol. The summed E-state index contributed by atoms with van der Waals surface area (Å²) in [7, 11) is 0. The van der Waals surface area contributed by atoms with Crippen LogP contribution in [0.3, 0.4) is 0 Å². The fraction of sp³-hybridized carbons (Fsp3) is 0.600. The van der Waals surface area contributed by atoms with Gasteiger partial charge in [0, 0.05) is 6.61 Å².